The summed E-state index contributed by atoms with van der Waals surface area (Å²) in [6, 6.07) is 11.1. The summed E-state index contributed by atoms with van der Waals surface area (Å²) in [6.07, 6.45) is 0. The predicted molar refractivity (Wildman–Crippen MR) is 83.7 cm³/mol. The molecule has 3 aromatic rings. The Bertz CT molecular complexity index is 860. The minimum Gasteiger partial charge on any atom is -0.365 e. The Morgan fingerprint density at radius 3 is 2.86 bits per heavy atom. The summed E-state index contributed by atoms with van der Waals surface area (Å²) in [5.41, 5.74) is 2.37. The lowest BCUT2D eigenvalue weighted by molar-refractivity contribution is 1.05. The highest BCUT2D eigenvalue weighted by atomic mass is 35.5. The van der Waals surface area contributed by atoms with Crippen LogP contribution in [0, 0.1) is 6.92 Å². The normalized spacial score (nSPS) is 10.8. The van der Waals surface area contributed by atoms with E-state index >= 15 is 0 Å². The second-order valence-corrected chi connectivity index (χ2v) is 5.09. The molecule has 3 rings (SSSR count). The number of anilines is 1. The van der Waals surface area contributed by atoms with Crippen molar-refractivity contribution in [2.45, 2.75) is 13.5 Å². The number of rotatable bonds is 3. The van der Waals surface area contributed by atoms with E-state index in [1.54, 1.807) is 6.07 Å². The van der Waals surface area contributed by atoms with Crippen LogP contribution in [-0.4, -0.2) is 15.0 Å². The molecule has 5 nitrogen and oxygen atoms in total. The molecule has 1 aromatic carbocycles. The van der Waals surface area contributed by atoms with Crippen molar-refractivity contribution in [1.29, 1.82) is 0 Å². The molecule has 106 valence electrons. The number of aromatic amines is 1. The van der Waals surface area contributed by atoms with Crippen LogP contribution in [-0.2, 0) is 6.54 Å². The second kappa shape index (κ2) is 5.54. The summed E-state index contributed by atoms with van der Waals surface area (Å²) in [4.78, 5) is 22.6. The zero-order chi connectivity index (χ0) is 14.8. The van der Waals surface area contributed by atoms with Gasteiger partial charge in [0.25, 0.3) is 0 Å². The van der Waals surface area contributed by atoms with Crippen LogP contribution >= 0.6 is 11.6 Å². The predicted octanol–water partition coefficient (Wildman–Crippen LogP) is 2.89. The molecule has 2 N–H and O–H groups in total. The fraction of sp³-hybridized carbons (Fsp3) is 0.133. The van der Waals surface area contributed by atoms with Gasteiger partial charge in [0.1, 0.15) is 5.82 Å². The van der Waals surface area contributed by atoms with E-state index in [1.807, 2.05) is 37.3 Å². The molecule has 0 aliphatic rings. The molecular formula is C15H13ClN4O. The number of aryl methyl sites for hydroxylation is 1. The minimum atomic E-state index is -0.114. The molecule has 0 bridgehead atoms. The van der Waals surface area contributed by atoms with Gasteiger partial charge < -0.3 is 10.3 Å². The number of para-hydroxylation sites is 1. The Balaban J connectivity index is 1.93. The smallest absolute Gasteiger partial charge is 0.248 e. The van der Waals surface area contributed by atoms with E-state index in [1.165, 1.54) is 0 Å². The van der Waals surface area contributed by atoms with Gasteiger partial charge in [-0.25, -0.2) is 9.97 Å². The third kappa shape index (κ3) is 3.03. The third-order valence-corrected chi connectivity index (χ3v) is 3.24. The van der Waals surface area contributed by atoms with E-state index in [0.29, 0.717) is 12.4 Å². The second-order valence-electron chi connectivity index (χ2n) is 4.75. The lowest BCUT2D eigenvalue weighted by Gasteiger charge is -2.09. The monoisotopic (exact) mass is 300 g/mol. The fourth-order valence-corrected chi connectivity index (χ4v) is 2.40. The Labute approximate surface area is 126 Å². The zero-order valence-electron chi connectivity index (χ0n) is 11.4. The standard InChI is InChI=1S/C15H13ClN4O/c1-9-6-10(7-13(21)18-9)8-17-14-11-4-2-3-5-12(11)19-15(16)20-14/h2-7H,8H2,1H3,(H,18,21)(H,17,19,20). The average Bonchev–Trinajstić information content (AvgIpc) is 2.43. The van der Waals surface area contributed by atoms with Crippen molar-refractivity contribution in [3.8, 4) is 0 Å². The molecule has 2 heterocycles. The summed E-state index contributed by atoms with van der Waals surface area (Å²) in [6.45, 7) is 2.34. The Kier molecular flexibility index (Phi) is 3.58. The lowest BCUT2D eigenvalue weighted by atomic mass is 10.2. The molecule has 0 unspecified atom stereocenters. The fourth-order valence-electron chi connectivity index (χ4n) is 2.23. The number of hydrogen-bond donors (Lipinski definition) is 2. The van der Waals surface area contributed by atoms with Gasteiger partial charge in [-0.1, -0.05) is 12.1 Å². The van der Waals surface area contributed by atoms with E-state index in [4.69, 9.17) is 11.6 Å². The van der Waals surface area contributed by atoms with E-state index in [-0.39, 0.29) is 10.8 Å². The van der Waals surface area contributed by atoms with Crippen molar-refractivity contribution < 1.29 is 0 Å². The molecule has 0 atom stereocenters. The van der Waals surface area contributed by atoms with E-state index < -0.39 is 0 Å². The molecular weight excluding hydrogens is 288 g/mol. The molecule has 21 heavy (non-hydrogen) atoms. The summed E-state index contributed by atoms with van der Waals surface area (Å²) in [5, 5.41) is 4.30. The number of fused-ring (bicyclic) bond motifs is 1. The quantitative estimate of drug-likeness (QED) is 0.730. The van der Waals surface area contributed by atoms with Crippen molar-refractivity contribution in [3.05, 3.63) is 63.3 Å². The van der Waals surface area contributed by atoms with E-state index in [0.717, 1.165) is 22.2 Å². The van der Waals surface area contributed by atoms with Gasteiger partial charge in [-0.3, -0.25) is 4.79 Å². The first kappa shape index (κ1) is 13.6. The average molecular weight is 301 g/mol. The van der Waals surface area contributed by atoms with Crippen LogP contribution in [0.3, 0.4) is 0 Å². The van der Waals surface area contributed by atoms with Crippen molar-refractivity contribution >= 4 is 28.3 Å². The van der Waals surface area contributed by atoms with Gasteiger partial charge in [0.15, 0.2) is 0 Å². The van der Waals surface area contributed by atoms with Gasteiger partial charge >= 0.3 is 0 Å². The van der Waals surface area contributed by atoms with Crippen LogP contribution in [0.1, 0.15) is 11.3 Å². The van der Waals surface area contributed by atoms with E-state index in [9.17, 15) is 4.79 Å². The molecule has 0 saturated carbocycles. The van der Waals surface area contributed by atoms with E-state index in [2.05, 4.69) is 20.3 Å². The summed E-state index contributed by atoms with van der Waals surface area (Å²) < 4.78 is 0. The number of nitrogens with zero attached hydrogens (tertiary/aromatic N) is 2. The molecule has 0 fully saturated rings. The molecule has 0 radical (unpaired) electrons. The molecule has 6 heteroatoms. The topological polar surface area (TPSA) is 70.7 Å². The summed E-state index contributed by atoms with van der Waals surface area (Å²) in [7, 11) is 0. The van der Waals surface area contributed by atoms with Crippen LogP contribution in [0.15, 0.2) is 41.2 Å². The Hall–Kier alpha value is -2.40. The van der Waals surface area contributed by atoms with Crippen molar-refractivity contribution in [3.63, 3.8) is 0 Å². The number of aromatic nitrogens is 3. The number of nitrogens with one attached hydrogen (secondary N) is 2. The maximum absolute atomic E-state index is 11.5. The summed E-state index contributed by atoms with van der Waals surface area (Å²) >= 11 is 5.94. The van der Waals surface area contributed by atoms with Gasteiger partial charge in [-0.2, -0.15) is 0 Å². The molecule has 0 aliphatic heterocycles. The van der Waals surface area contributed by atoms with Crippen molar-refractivity contribution in [1.82, 2.24) is 15.0 Å². The first-order chi connectivity index (χ1) is 10.1. The first-order valence-electron chi connectivity index (χ1n) is 6.48. The third-order valence-electron chi connectivity index (χ3n) is 3.07. The Morgan fingerprint density at radius 1 is 1.24 bits per heavy atom. The van der Waals surface area contributed by atoms with Crippen LogP contribution < -0.4 is 10.9 Å². The lowest BCUT2D eigenvalue weighted by Crippen LogP contribution is -2.10. The number of benzene rings is 1. The summed E-state index contributed by atoms with van der Waals surface area (Å²) in [5.74, 6) is 0.656. The largest absolute Gasteiger partial charge is 0.365 e. The van der Waals surface area contributed by atoms with Crippen molar-refractivity contribution in [2.24, 2.45) is 0 Å². The molecule has 0 spiro atoms. The highest BCUT2D eigenvalue weighted by molar-refractivity contribution is 6.28. The number of halogens is 1. The molecule has 2 aromatic heterocycles. The maximum atomic E-state index is 11.5. The van der Waals surface area contributed by atoms with Gasteiger partial charge in [0.05, 0.1) is 5.52 Å². The van der Waals surface area contributed by atoms with Crippen LogP contribution in [0.4, 0.5) is 5.82 Å². The minimum absolute atomic E-state index is 0.114. The van der Waals surface area contributed by atoms with Gasteiger partial charge in [-0.15, -0.1) is 0 Å². The number of H-pyrrole nitrogens is 1. The first-order valence-corrected chi connectivity index (χ1v) is 6.85. The highest BCUT2D eigenvalue weighted by Gasteiger charge is 2.06. The SMILES string of the molecule is Cc1cc(CNc2nc(Cl)nc3ccccc23)cc(=O)[nH]1. The molecule has 0 saturated heterocycles. The number of pyridine rings is 1. The van der Waals surface area contributed by atoms with Gasteiger partial charge in [-0.05, 0) is 42.3 Å². The van der Waals surface area contributed by atoms with Crippen LogP contribution in [0.25, 0.3) is 10.9 Å². The maximum Gasteiger partial charge on any atom is 0.248 e. The zero-order valence-corrected chi connectivity index (χ0v) is 12.1. The highest BCUT2D eigenvalue weighted by Crippen LogP contribution is 2.22. The van der Waals surface area contributed by atoms with Gasteiger partial charge in [0, 0.05) is 23.7 Å². The molecule has 0 aliphatic carbocycles. The van der Waals surface area contributed by atoms with Crippen molar-refractivity contribution in [2.75, 3.05) is 5.32 Å². The van der Waals surface area contributed by atoms with Gasteiger partial charge in [0.2, 0.25) is 10.8 Å². The Morgan fingerprint density at radius 2 is 2.05 bits per heavy atom. The number of hydrogen-bond acceptors (Lipinski definition) is 4. The van der Waals surface area contributed by atoms with Crippen LogP contribution in [0.2, 0.25) is 5.28 Å². The molecule has 0 amide bonds. The van der Waals surface area contributed by atoms with Crippen LogP contribution in [0.5, 0.6) is 0 Å².